The Morgan fingerprint density at radius 2 is 2.00 bits per heavy atom. The molecule has 0 aliphatic heterocycles. The first-order valence-electron chi connectivity index (χ1n) is 7.04. The number of halogens is 1. The highest BCUT2D eigenvalue weighted by atomic mass is 35.5. The molecule has 2 aromatic heterocycles. The minimum atomic E-state index is -0.525. The third-order valence-corrected chi connectivity index (χ3v) is 4.38. The molecule has 2 aromatic rings. The van der Waals surface area contributed by atoms with Gasteiger partial charge in [-0.05, 0) is 25.7 Å². The molecule has 0 radical (unpaired) electrons. The first-order chi connectivity index (χ1) is 9.99. The van der Waals surface area contributed by atoms with Crippen molar-refractivity contribution in [2.75, 3.05) is 0 Å². The Labute approximate surface area is 126 Å². The van der Waals surface area contributed by atoms with Crippen molar-refractivity contribution in [3.8, 4) is 5.69 Å². The molecule has 7 heteroatoms. The summed E-state index contributed by atoms with van der Waals surface area (Å²) < 4.78 is 2.72. The Kier molecular flexibility index (Phi) is 3.49. The van der Waals surface area contributed by atoms with Gasteiger partial charge in [0.15, 0.2) is 0 Å². The molecule has 6 nitrogen and oxygen atoms in total. The van der Waals surface area contributed by atoms with E-state index in [4.69, 9.17) is 11.6 Å². The lowest BCUT2D eigenvalue weighted by atomic mass is 10.0. The molecule has 0 unspecified atom stereocenters. The number of aromatic nitrogens is 4. The number of hydrogen-bond donors (Lipinski definition) is 1. The topological polar surface area (TPSA) is 72.7 Å². The number of H-pyrrole nitrogens is 1. The Balaban J connectivity index is 2.26. The van der Waals surface area contributed by atoms with Gasteiger partial charge < -0.3 is 0 Å². The minimum Gasteiger partial charge on any atom is -0.297 e. The van der Waals surface area contributed by atoms with Crippen LogP contribution in [0.2, 0.25) is 5.15 Å². The van der Waals surface area contributed by atoms with Crippen LogP contribution in [0.3, 0.4) is 0 Å². The summed E-state index contributed by atoms with van der Waals surface area (Å²) in [6, 6.07) is 0. The summed E-state index contributed by atoms with van der Waals surface area (Å²) in [7, 11) is 1.75. The quantitative estimate of drug-likeness (QED) is 0.861. The third kappa shape index (κ3) is 2.33. The van der Waals surface area contributed by atoms with Gasteiger partial charge in [0.2, 0.25) is 0 Å². The second-order valence-electron chi connectivity index (χ2n) is 5.55. The van der Waals surface area contributed by atoms with E-state index in [0.29, 0.717) is 16.9 Å². The molecule has 21 heavy (non-hydrogen) atoms. The second kappa shape index (κ2) is 5.18. The summed E-state index contributed by atoms with van der Waals surface area (Å²) >= 11 is 6.13. The smallest absolute Gasteiger partial charge is 0.297 e. The van der Waals surface area contributed by atoms with Crippen LogP contribution in [0.1, 0.15) is 42.9 Å². The molecule has 0 bridgehead atoms. The highest BCUT2D eigenvalue weighted by Crippen LogP contribution is 2.34. The SMILES string of the molecule is Cc1nn(C)cc1-n1c(=O)[nH]c(Cl)c(C2CCCC2)c1=O. The van der Waals surface area contributed by atoms with Crippen molar-refractivity contribution in [1.29, 1.82) is 0 Å². The van der Waals surface area contributed by atoms with Crippen LogP contribution in [0.4, 0.5) is 0 Å². The van der Waals surface area contributed by atoms with Gasteiger partial charge in [-0.1, -0.05) is 24.4 Å². The highest BCUT2D eigenvalue weighted by Gasteiger charge is 2.26. The van der Waals surface area contributed by atoms with Gasteiger partial charge in [0.1, 0.15) is 5.15 Å². The summed E-state index contributed by atoms with van der Waals surface area (Å²) in [5.74, 6) is 0.130. The summed E-state index contributed by atoms with van der Waals surface area (Å²) in [5, 5.41) is 4.37. The van der Waals surface area contributed by atoms with Crippen LogP contribution < -0.4 is 11.2 Å². The lowest BCUT2D eigenvalue weighted by Crippen LogP contribution is -2.37. The molecule has 1 aliphatic carbocycles. The van der Waals surface area contributed by atoms with Gasteiger partial charge in [0.05, 0.1) is 16.9 Å². The van der Waals surface area contributed by atoms with Crippen molar-refractivity contribution >= 4 is 11.6 Å². The largest absolute Gasteiger partial charge is 0.334 e. The zero-order valence-electron chi connectivity index (χ0n) is 12.0. The number of nitrogens with one attached hydrogen (secondary N) is 1. The van der Waals surface area contributed by atoms with Crippen molar-refractivity contribution in [1.82, 2.24) is 19.3 Å². The first-order valence-corrected chi connectivity index (χ1v) is 7.42. The van der Waals surface area contributed by atoms with E-state index in [1.807, 2.05) is 0 Å². The van der Waals surface area contributed by atoms with Crippen molar-refractivity contribution in [2.24, 2.45) is 7.05 Å². The highest BCUT2D eigenvalue weighted by molar-refractivity contribution is 6.30. The number of rotatable bonds is 2. The monoisotopic (exact) mass is 308 g/mol. The molecule has 1 fully saturated rings. The molecular weight excluding hydrogens is 292 g/mol. The number of hydrogen-bond acceptors (Lipinski definition) is 3. The molecule has 0 aromatic carbocycles. The van der Waals surface area contributed by atoms with Crippen LogP contribution in [0.25, 0.3) is 5.69 Å². The van der Waals surface area contributed by atoms with Crippen LogP contribution in [0.15, 0.2) is 15.8 Å². The fourth-order valence-electron chi connectivity index (χ4n) is 3.12. The minimum absolute atomic E-state index is 0.130. The van der Waals surface area contributed by atoms with E-state index in [0.717, 1.165) is 30.3 Å². The molecule has 1 saturated carbocycles. The Bertz CT molecular complexity index is 796. The van der Waals surface area contributed by atoms with Crippen molar-refractivity contribution < 1.29 is 0 Å². The predicted molar refractivity (Wildman–Crippen MR) is 80.4 cm³/mol. The summed E-state index contributed by atoms with van der Waals surface area (Å²) in [6.45, 7) is 1.77. The van der Waals surface area contributed by atoms with Gasteiger partial charge in [-0.3, -0.25) is 14.5 Å². The molecule has 3 rings (SSSR count). The molecule has 0 atom stereocenters. The fourth-order valence-corrected chi connectivity index (χ4v) is 3.43. The third-order valence-electron chi connectivity index (χ3n) is 4.08. The molecule has 1 N–H and O–H groups in total. The van der Waals surface area contributed by atoms with Gasteiger partial charge in [-0.25, -0.2) is 9.36 Å². The summed E-state index contributed by atoms with van der Waals surface area (Å²) in [6.07, 6.45) is 5.72. The van der Waals surface area contributed by atoms with Crippen LogP contribution >= 0.6 is 11.6 Å². The average Bonchev–Trinajstić information content (AvgIpc) is 3.00. The molecule has 112 valence electrons. The van der Waals surface area contributed by atoms with E-state index >= 15 is 0 Å². The summed E-state index contributed by atoms with van der Waals surface area (Å²) in [4.78, 5) is 27.6. The van der Waals surface area contributed by atoms with E-state index in [-0.39, 0.29) is 16.6 Å². The average molecular weight is 309 g/mol. The van der Waals surface area contributed by atoms with Crippen LogP contribution in [-0.2, 0) is 7.05 Å². The number of aryl methyl sites for hydroxylation is 2. The maximum Gasteiger partial charge on any atom is 0.334 e. The number of nitrogens with zero attached hydrogens (tertiary/aromatic N) is 3. The molecule has 2 heterocycles. The van der Waals surface area contributed by atoms with E-state index in [1.54, 1.807) is 24.9 Å². The normalized spacial score (nSPS) is 15.8. The lowest BCUT2D eigenvalue weighted by molar-refractivity contribution is 0.688. The second-order valence-corrected chi connectivity index (χ2v) is 5.93. The van der Waals surface area contributed by atoms with Crippen molar-refractivity contribution in [2.45, 2.75) is 38.5 Å². The standard InChI is InChI=1S/C14H17ClN4O2/c1-8-10(7-18(2)17-8)19-13(20)11(9-5-3-4-6-9)12(15)16-14(19)21/h7,9H,3-6H2,1-2H3,(H,16,21). The van der Waals surface area contributed by atoms with Crippen molar-refractivity contribution in [3.05, 3.63) is 43.4 Å². The van der Waals surface area contributed by atoms with Crippen molar-refractivity contribution in [3.63, 3.8) is 0 Å². The molecule has 0 spiro atoms. The molecule has 0 saturated heterocycles. The first kappa shape index (κ1) is 14.1. The lowest BCUT2D eigenvalue weighted by Gasteiger charge is -2.13. The molecular formula is C14H17ClN4O2. The van der Waals surface area contributed by atoms with Crippen LogP contribution in [0.5, 0.6) is 0 Å². The van der Waals surface area contributed by atoms with Crippen LogP contribution in [-0.4, -0.2) is 19.3 Å². The fraction of sp³-hybridized carbons (Fsp3) is 0.500. The van der Waals surface area contributed by atoms with E-state index in [1.165, 1.54) is 0 Å². The Morgan fingerprint density at radius 1 is 1.33 bits per heavy atom. The molecule has 0 amide bonds. The zero-order chi connectivity index (χ0) is 15.1. The predicted octanol–water partition coefficient (Wildman–Crippen LogP) is 1.88. The Hall–Kier alpha value is -1.82. The number of aromatic amines is 1. The van der Waals surface area contributed by atoms with E-state index in [2.05, 4.69) is 10.1 Å². The van der Waals surface area contributed by atoms with Crippen LogP contribution in [0, 0.1) is 6.92 Å². The van der Waals surface area contributed by atoms with Gasteiger partial charge >= 0.3 is 5.69 Å². The van der Waals surface area contributed by atoms with Gasteiger partial charge in [-0.15, -0.1) is 0 Å². The Morgan fingerprint density at radius 3 is 2.57 bits per heavy atom. The van der Waals surface area contributed by atoms with Gasteiger partial charge in [0.25, 0.3) is 5.56 Å². The van der Waals surface area contributed by atoms with E-state index < -0.39 is 5.69 Å². The summed E-state index contributed by atoms with van der Waals surface area (Å²) in [5.41, 5.74) is 0.802. The molecule has 1 aliphatic rings. The van der Waals surface area contributed by atoms with Gasteiger partial charge in [0, 0.05) is 13.2 Å². The van der Waals surface area contributed by atoms with Gasteiger partial charge in [-0.2, -0.15) is 5.10 Å². The van der Waals surface area contributed by atoms with E-state index in [9.17, 15) is 9.59 Å². The maximum absolute atomic E-state index is 12.8. The zero-order valence-corrected chi connectivity index (χ0v) is 12.8. The maximum atomic E-state index is 12.8.